The van der Waals surface area contributed by atoms with Crippen molar-refractivity contribution in [1.82, 2.24) is 9.88 Å². The molecule has 0 unspecified atom stereocenters. The fourth-order valence-corrected chi connectivity index (χ4v) is 4.55. The van der Waals surface area contributed by atoms with Crippen molar-refractivity contribution >= 4 is 16.7 Å². The zero-order valence-electron chi connectivity index (χ0n) is 18.4. The molecule has 1 N–H and O–H groups in total. The molecular weight excluding hydrogens is 362 g/mol. The largest absolute Gasteiger partial charge is 0.493 e. The number of hydrogen-bond donors (Lipinski definition) is 1. The predicted octanol–water partition coefficient (Wildman–Crippen LogP) is 4.69. The monoisotopic (exact) mass is 397 g/mol. The topological polar surface area (TPSA) is 46.6 Å². The highest BCUT2D eigenvalue weighted by Gasteiger charge is 2.30. The van der Waals surface area contributed by atoms with Crippen LogP contribution in [0.25, 0.3) is 10.9 Å². The summed E-state index contributed by atoms with van der Waals surface area (Å²) in [6.45, 7) is 14.4. The van der Waals surface area contributed by atoms with E-state index < -0.39 is 0 Å². The minimum Gasteiger partial charge on any atom is -0.493 e. The van der Waals surface area contributed by atoms with Crippen LogP contribution in [0.5, 0.6) is 5.75 Å². The second-order valence-corrected chi connectivity index (χ2v) is 9.06. The maximum absolute atomic E-state index is 6.16. The average molecular weight is 398 g/mol. The number of hydrogen-bond acceptors (Lipinski definition) is 5. The minimum absolute atomic E-state index is 0.153. The summed E-state index contributed by atoms with van der Waals surface area (Å²) >= 11 is 0. The Morgan fingerprint density at radius 2 is 2.00 bits per heavy atom. The zero-order valence-corrected chi connectivity index (χ0v) is 18.4. The molecule has 0 bridgehead atoms. The Morgan fingerprint density at radius 3 is 2.76 bits per heavy atom. The molecule has 158 valence electrons. The van der Waals surface area contributed by atoms with E-state index in [9.17, 15) is 0 Å². The highest BCUT2D eigenvalue weighted by atomic mass is 16.5. The van der Waals surface area contributed by atoms with E-state index in [0.717, 1.165) is 49.6 Å². The summed E-state index contributed by atoms with van der Waals surface area (Å²) in [4.78, 5) is 7.52. The van der Waals surface area contributed by atoms with Gasteiger partial charge in [-0.15, -0.1) is 0 Å². The fourth-order valence-electron chi connectivity index (χ4n) is 4.55. The van der Waals surface area contributed by atoms with Crippen molar-refractivity contribution in [3.05, 3.63) is 28.8 Å². The lowest BCUT2D eigenvalue weighted by molar-refractivity contribution is -0.0393. The minimum atomic E-state index is -0.153. The third kappa shape index (κ3) is 4.51. The average Bonchev–Trinajstić information content (AvgIpc) is 3.19. The van der Waals surface area contributed by atoms with E-state index in [1.807, 2.05) is 0 Å². The van der Waals surface area contributed by atoms with Crippen LogP contribution >= 0.6 is 0 Å². The van der Waals surface area contributed by atoms with Crippen molar-refractivity contribution < 1.29 is 9.47 Å². The molecule has 1 fully saturated rings. The van der Waals surface area contributed by atoms with Crippen LogP contribution in [0.15, 0.2) is 12.1 Å². The first-order chi connectivity index (χ1) is 14.0. The van der Waals surface area contributed by atoms with Gasteiger partial charge < -0.3 is 19.7 Å². The first kappa shape index (κ1) is 20.4. The molecule has 3 heterocycles. The molecule has 2 aromatic rings. The van der Waals surface area contributed by atoms with Crippen LogP contribution in [0, 0.1) is 6.92 Å². The Balaban J connectivity index is 1.57. The van der Waals surface area contributed by atoms with Gasteiger partial charge in [0.05, 0.1) is 24.3 Å². The first-order valence-corrected chi connectivity index (χ1v) is 11.2. The van der Waals surface area contributed by atoms with Crippen LogP contribution in [-0.2, 0) is 17.8 Å². The summed E-state index contributed by atoms with van der Waals surface area (Å²) in [7, 11) is 0. The normalized spacial score (nSPS) is 18.8. The number of aryl methyl sites for hydroxylation is 1. The van der Waals surface area contributed by atoms with Crippen LogP contribution < -0.4 is 10.1 Å². The van der Waals surface area contributed by atoms with Gasteiger partial charge in [-0.25, -0.2) is 4.98 Å². The molecule has 4 rings (SSSR count). The van der Waals surface area contributed by atoms with E-state index in [1.165, 1.54) is 48.0 Å². The number of nitrogens with zero attached hydrogens (tertiary/aromatic N) is 2. The molecule has 0 atom stereocenters. The third-order valence-corrected chi connectivity index (χ3v) is 6.13. The zero-order chi connectivity index (χ0) is 20.4. The van der Waals surface area contributed by atoms with Gasteiger partial charge in [0, 0.05) is 36.5 Å². The molecule has 5 heteroatoms. The number of aromatic nitrogens is 1. The van der Waals surface area contributed by atoms with Gasteiger partial charge in [-0.05, 0) is 77.2 Å². The summed E-state index contributed by atoms with van der Waals surface area (Å²) in [6, 6.07) is 4.34. The molecule has 29 heavy (non-hydrogen) atoms. The van der Waals surface area contributed by atoms with Gasteiger partial charge in [-0.3, -0.25) is 0 Å². The second kappa shape index (κ2) is 8.49. The van der Waals surface area contributed by atoms with Crippen molar-refractivity contribution in [2.75, 3.05) is 38.1 Å². The molecule has 1 saturated heterocycles. The lowest BCUT2D eigenvalue weighted by atomic mass is 9.89. The third-order valence-electron chi connectivity index (χ3n) is 6.13. The molecule has 0 radical (unpaired) electrons. The molecule has 2 aliphatic heterocycles. The maximum atomic E-state index is 6.16. The first-order valence-electron chi connectivity index (χ1n) is 11.2. The van der Waals surface area contributed by atoms with Crippen molar-refractivity contribution in [3.8, 4) is 5.75 Å². The van der Waals surface area contributed by atoms with Crippen molar-refractivity contribution in [3.63, 3.8) is 0 Å². The van der Waals surface area contributed by atoms with Crippen LogP contribution in [0.3, 0.4) is 0 Å². The van der Waals surface area contributed by atoms with Crippen LogP contribution in [0.4, 0.5) is 5.82 Å². The molecule has 1 aromatic heterocycles. The SMILES string of the molecule is CCNc1nc2cc(OCCCN3CCCC3)c(C)cc2c2c1CC(C)(C)OC2. The summed E-state index contributed by atoms with van der Waals surface area (Å²) < 4.78 is 12.3. The van der Waals surface area contributed by atoms with E-state index in [2.05, 4.69) is 50.0 Å². The van der Waals surface area contributed by atoms with E-state index in [-0.39, 0.29) is 5.60 Å². The quantitative estimate of drug-likeness (QED) is 0.687. The van der Waals surface area contributed by atoms with Gasteiger partial charge in [-0.2, -0.15) is 0 Å². The van der Waals surface area contributed by atoms with E-state index in [1.54, 1.807) is 0 Å². The number of likely N-dealkylation sites (tertiary alicyclic amines) is 1. The highest BCUT2D eigenvalue weighted by Crippen LogP contribution is 2.38. The fraction of sp³-hybridized carbons (Fsp3) is 0.625. The summed E-state index contributed by atoms with van der Waals surface area (Å²) in [5, 5.41) is 4.66. The van der Waals surface area contributed by atoms with Gasteiger partial charge in [0.1, 0.15) is 11.6 Å². The van der Waals surface area contributed by atoms with Gasteiger partial charge in [0.25, 0.3) is 0 Å². The van der Waals surface area contributed by atoms with Crippen molar-refractivity contribution in [1.29, 1.82) is 0 Å². The number of anilines is 1. The summed E-state index contributed by atoms with van der Waals surface area (Å²) in [6.07, 6.45) is 4.63. The van der Waals surface area contributed by atoms with Gasteiger partial charge in [0.2, 0.25) is 0 Å². The van der Waals surface area contributed by atoms with Gasteiger partial charge in [-0.1, -0.05) is 0 Å². The molecule has 1 aromatic carbocycles. The standard InChI is InChI=1S/C24H35N3O2/c1-5-25-23-19-15-24(3,4)29-16-20(19)18-13-17(2)22(14-21(18)26-23)28-12-8-11-27-9-6-7-10-27/h13-14H,5-12,15-16H2,1-4H3,(H,25,26). The molecule has 0 saturated carbocycles. The molecule has 0 amide bonds. The number of pyridine rings is 1. The summed E-state index contributed by atoms with van der Waals surface area (Å²) in [5.74, 6) is 1.95. The van der Waals surface area contributed by atoms with Gasteiger partial charge >= 0.3 is 0 Å². The molecule has 5 nitrogen and oxygen atoms in total. The number of fused-ring (bicyclic) bond motifs is 3. The maximum Gasteiger partial charge on any atom is 0.130 e. The Morgan fingerprint density at radius 1 is 1.21 bits per heavy atom. The Labute approximate surface area is 174 Å². The van der Waals surface area contributed by atoms with Crippen molar-refractivity contribution in [2.45, 2.75) is 65.6 Å². The van der Waals surface area contributed by atoms with E-state index >= 15 is 0 Å². The Hall–Kier alpha value is -1.85. The number of benzene rings is 1. The number of ether oxygens (including phenoxy) is 2. The Kier molecular flexibility index (Phi) is 5.98. The lowest BCUT2D eigenvalue weighted by Gasteiger charge is -2.33. The predicted molar refractivity (Wildman–Crippen MR) is 119 cm³/mol. The number of rotatable bonds is 7. The molecule has 0 spiro atoms. The van der Waals surface area contributed by atoms with Crippen molar-refractivity contribution in [2.24, 2.45) is 0 Å². The van der Waals surface area contributed by atoms with Crippen LogP contribution in [0.1, 0.15) is 56.7 Å². The molecule has 0 aliphatic carbocycles. The lowest BCUT2D eigenvalue weighted by Crippen LogP contribution is -2.32. The van der Waals surface area contributed by atoms with Crippen LogP contribution in [0.2, 0.25) is 0 Å². The van der Waals surface area contributed by atoms with E-state index in [0.29, 0.717) is 6.61 Å². The van der Waals surface area contributed by atoms with Crippen LogP contribution in [-0.4, -0.2) is 48.3 Å². The molecular formula is C24H35N3O2. The number of nitrogens with one attached hydrogen (secondary N) is 1. The van der Waals surface area contributed by atoms with E-state index in [4.69, 9.17) is 14.5 Å². The Bertz CT molecular complexity index is 872. The molecule has 2 aliphatic rings. The smallest absolute Gasteiger partial charge is 0.130 e. The second-order valence-electron chi connectivity index (χ2n) is 9.06. The van der Waals surface area contributed by atoms with Gasteiger partial charge in [0.15, 0.2) is 0 Å². The highest BCUT2D eigenvalue weighted by molar-refractivity contribution is 5.88. The summed E-state index contributed by atoms with van der Waals surface area (Å²) in [5.41, 5.74) is 4.58.